The Morgan fingerprint density at radius 3 is 2.83 bits per heavy atom. The SMILES string of the molecule is CC1(C)CCC(NC(=O)c2coc(CN)c2)c2ccccc21.Cl. The Labute approximate surface area is 142 Å². The molecule has 4 nitrogen and oxygen atoms in total. The highest BCUT2D eigenvalue weighted by molar-refractivity contribution is 5.94. The van der Waals surface area contributed by atoms with Gasteiger partial charge in [0, 0.05) is 0 Å². The van der Waals surface area contributed by atoms with E-state index in [0.29, 0.717) is 17.9 Å². The van der Waals surface area contributed by atoms with Gasteiger partial charge in [0.25, 0.3) is 5.91 Å². The first-order chi connectivity index (χ1) is 10.5. The number of carbonyl (C=O) groups is 1. The molecular weight excluding hydrogens is 312 g/mol. The smallest absolute Gasteiger partial charge is 0.255 e. The van der Waals surface area contributed by atoms with Gasteiger partial charge in [-0.15, -0.1) is 12.4 Å². The molecule has 1 aliphatic rings. The van der Waals surface area contributed by atoms with Crippen LogP contribution in [-0.2, 0) is 12.0 Å². The van der Waals surface area contributed by atoms with Gasteiger partial charge in [0.05, 0.1) is 18.2 Å². The van der Waals surface area contributed by atoms with E-state index in [2.05, 4.69) is 37.4 Å². The number of benzene rings is 1. The van der Waals surface area contributed by atoms with Crippen molar-refractivity contribution in [2.24, 2.45) is 5.73 Å². The second-order valence-corrected chi connectivity index (χ2v) is 6.54. The van der Waals surface area contributed by atoms with Gasteiger partial charge in [-0.25, -0.2) is 0 Å². The first-order valence-electron chi connectivity index (χ1n) is 7.69. The summed E-state index contributed by atoms with van der Waals surface area (Å²) in [6.07, 6.45) is 3.46. The molecule has 0 saturated heterocycles. The molecule has 1 aromatic heterocycles. The molecule has 0 radical (unpaired) electrons. The van der Waals surface area contributed by atoms with E-state index in [9.17, 15) is 4.79 Å². The predicted octanol–water partition coefficient (Wildman–Crippen LogP) is 3.70. The van der Waals surface area contributed by atoms with Crippen LogP contribution in [0.5, 0.6) is 0 Å². The molecular formula is C18H23ClN2O2. The normalized spacial score (nSPS) is 18.7. The second kappa shape index (κ2) is 6.77. The molecule has 1 heterocycles. The van der Waals surface area contributed by atoms with E-state index in [0.717, 1.165) is 12.8 Å². The summed E-state index contributed by atoms with van der Waals surface area (Å²) in [4.78, 5) is 12.4. The summed E-state index contributed by atoms with van der Waals surface area (Å²) >= 11 is 0. The number of fused-ring (bicyclic) bond motifs is 1. The van der Waals surface area contributed by atoms with Crippen molar-refractivity contribution in [1.29, 1.82) is 0 Å². The number of furan rings is 1. The highest BCUT2D eigenvalue weighted by Crippen LogP contribution is 2.41. The van der Waals surface area contributed by atoms with Crippen molar-refractivity contribution in [3.8, 4) is 0 Å². The number of rotatable bonds is 3. The maximum absolute atomic E-state index is 12.4. The summed E-state index contributed by atoms with van der Waals surface area (Å²) in [7, 11) is 0. The Hall–Kier alpha value is -1.78. The Bertz CT molecular complexity index is 694. The topological polar surface area (TPSA) is 68.3 Å². The van der Waals surface area contributed by atoms with Crippen LogP contribution in [0.1, 0.15) is 60.0 Å². The number of carbonyl (C=O) groups excluding carboxylic acids is 1. The molecule has 1 aromatic carbocycles. The van der Waals surface area contributed by atoms with E-state index in [1.54, 1.807) is 6.07 Å². The first kappa shape index (κ1) is 17.6. The molecule has 1 atom stereocenters. The fourth-order valence-corrected chi connectivity index (χ4v) is 3.21. The van der Waals surface area contributed by atoms with Crippen LogP contribution in [0.25, 0.3) is 0 Å². The van der Waals surface area contributed by atoms with Crippen LogP contribution in [-0.4, -0.2) is 5.91 Å². The van der Waals surface area contributed by atoms with Crippen molar-refractivity contribution in [2.45, 2.75) is 44.7 Å². The van der Waals surface area contributed by atoms with Crippen LogP contribution in [0.3, 0.4) is 0 Å². The Balaban J connectivity index is 0.00000192. The molecule has 23 heavy (non-hydrogen) atoms. The summed E-state index contributed by atoms with van der Waals surface area (Å²) in [5.74, 6) is 0.512. The fraction of sp³-hybridized carbons (Fsp3) is 0.389. The molecule has 0 bridgehead atoms. The van der Waals surface area contributed by atoms with Gasteiger partial charge in [0.15, 0.2) is 0 Å². The lowest BCUT2D eigenvalue weighted by Gasteiger charge is -2.37. The average Bonchev–Trinajstić information content (AvgIpc) is 2.99. The maximum atomic E-state index is 12.4. The molecule has 0 saturated carbocycles. The molecule has 5 heteroatoms. The molecule has 0 fully saturated rings. The predicted molar refractivity (Wildman–Crippen MR) is 92.8 cm³/mol. The van der Waals surface area contributed by atoms with Crippen LogP contribution in [0.4, 0.5) is 0 Å². The molecule has 1 amide bonds. The van der Waals surface area contributed by atoms with Crippen molar-refractivity contribution in [3.63, 3.8) is 0 Å². The fourth-order valence-electron chi connectivity index (χ4n) is 3.21. The molecule has 1 unspecified atom stereocenters. The quantitative estimate of drug-likeness (QED) is 0.899. The van der Waals surface area contributed by atoms with Crippen molar-refractivity contribution in [1.82, 2.24) is 5.32 Å². The van der Waals surface area contributed by atoms with Gasteiger partial charge in [-0.05, 0) is 35.4 Å². The lowest BCUT2D eigenvalue weighted by Crippen LogP contribution is -2.35. The summed E-state index contributed by atoms with van der Waals surface area (Å²) in [6.45, 7) is 4.81. The number of halogens is 1. The molecule has 124 valence electrons. The standard InChI is InChI=1S/C18H22N2O2.ClH/c1-18(2)8-7-16(14-5-3-4-6-15(14)18)20-17(21)12-9-13(10-19)22-11-12;/h3-6,9,11,16H,7-8,10,19H2,1-2H3,(H,20,21);1H. The Morgan fingerprint density at radius 1 is 1.39 bits per heavy atom. The van der Waals surface area contributed by atoms with Gasteiger partial charge in [-0.3, -0.25) is 4.79 Å². The van der Waals surface area contributed by atoms with Crippen LogP contribution in [0.15, 0.2) is 41.0 Å². The number of nitrogens with two attached hydrogens (primary N) is 1. The third-order valence-corrected chi connectivity index (χ3v) is 4.55. The monoisotopic (exact) mass is 334 g/mol. The molecule has 0 spiro atoms. The first-order valence-corrected chi connectivity index (χ1v) is 7.69. The van der Waals surface area contributed by atoms with Crippen LogP contribution >= 0.6 is 12.4 Å². The highest BCUT2D eigenvalue weighted by Gasteiger charge is 2.33. The van der Waals surface area contributed by atoms with Crippen molar-refractivity contribution in [2.75, 3.05) is 0 Å². The van der Waals surface area contributed by atoms with E-state index in [4.69, 9.17) is 10.2 Å². The number of amides is 1. The Kier molecular flexibility index (Phi) is 5.17. The van der Waals surface area contributed by atoms with Crippen LogP contribution in [0.2, 0.25) is 0 Å². The summed E-state index contributed by atoms with van der Waals surface area (Å²) < 4.78 is 5.24. The summed E-state index contributed by atoms with van der Waals surface area (Å²) in [5.41, 5.74) is 8.74. The van der Waals surface area contributed by atoms with E-state index in [1.807, 2.05) is 6.07 Å². The van der Waals surface area contributed by atoms with Crippen LogP contribution < -0.4 is 11.1 Å². The van der Waals surface area contributed by atoms with Crippen LogP contribution in [0, 0.1) is 0 Å². The molecule has 3 N–H and O–H groups in total. The van der Waals surface area contributed by atoms with E-state index in [-0.39, 0.29) is 29.8 Å². The van der Waals surface area contributed by atoms with Gasteiger partial charge in [0.2, 0.25) is 0 Å². The lowest BCUT2D eigenvalue weighted by atomic mass is 9.71. The number of hydrogen-bond donors (Lipinski definition) is 2. The zero-order valence-electron chi connectivity index (χ0n) is 13.5. The largest absolute Gasteiger partial charge is 0.467 e. The van der Waals surface area contributed by atoms with Crippen molar-refractivity contribution < 1.29 is 9.21 Å². The molecule has 2 aromatic rings. The number of nitrogens with one attached hydrogen (secondary N) is 1. The van der Waals surface area contributed by atoms with E-state index < -0.39 is 0 Å². The summed E-state index contributed by atoms with van der Waals surface area (Å²) in [6, 6.07) is 10.1. The zero-order valence-corrected chi connectivity index (χ0v) is 14.3. The number of hydrogen-bond acceptors (Lipinski definition) is 3. The summed E-state index contributed by atoms with van der Waals surface area (Å²) in [5, 5.41) is 3.13. The van der Waals surface area contributed by atoms with Gasteiger partial charge >= 0.3 is 0 Å². The van der Waals surface area contributed by atoms with Crippen molar-refractivity contribution in [3.05, 3.63) is 59.0 Å². The lowest BCUT2D eigenvalue weighted by molar-refractivity contribution is 0.0929. The third kappa shape index (κ3) is 3.43. The molecule has 3 rings (SSSR count). The molecule has 0 aliphatic heterocycles. The van der Waals surface area contributed by atoms with Gasteiger partial charge in [-0.1, -0.05) is 38.1 Å². The molecule has 1 aliphatic carbocycles. The third-order valence-electron chi connectivity index (χ3n) is 4.55. The Morgan fingerprint density at radius 2 is 2.13 bits per heavy atom. The minimum absolute atomic E-state index is 0. The highest BCUT2D eigenvalue weighted by atomic mass is 35.5. The van der Waals surface area contributed by atoms with E-state index in [1.165, 1.54) is 17.4 Å². The zero-order chi connectivity index (χ0) is 15.7. The average molecular weight is 335 g/mol. The van der Waals surface area contributed by atoms with Gasteiger partial charge in [-0.2, -0.15) is 0 Å². The maximum Gasteiger partial charge on any atom is 0.255 e. The van der Waals surface area contributed by atoms with E-state index >= 15 is 0 Å². The van der Waals surface area contributed by atoms with Crippen molar-refractivity contribution >= 4 is 18.3 Å². The minimum atomic E-state index is -0.108. The second-order valence-electron chi connectivity index (χ2n) is 6.54. The van der Waals surface area contributed by atoms with Gasteiger partial charge in [0.1, 0.15) is 12.0 Å². The minimum Gasteiger partial charge on any atom is -0.467 e. The van der Waals surface area contributed by atoms with Gasteiger partial charge < -0.3 is 15.5 Å².